The average molecular weight is 376 g/mol. The van der Waals surface area contributed by atoms with Crippen LogP contribution >= 0.6 is 23.5 Å². The highest BCUT2D eigenvalue weighted by Crippen LogP contribution is 2.46. The molecule has 1 aliphatic heterocycles. The minimum atomic E-state index is -0.319. The third-order valence-corrected chi connectivity index (χ3v) is 6.92. The lowest BCUT2D eigenvalue weighted by molar-refractivity contribution is -0.133. The maximum Gasteiger partial charge on any atom is 0.315 e. The Labute approximate surface area is 156 Å². The fourth-order valence-electron chi connectivity index (χ4n) is 2.53. The van der Waals surface area contributed by atoms with E-state index in [9.17, 15) is 4.79 Å². The van der Waals surface area contributed by atoms with Crippen molar-refractivity contribution in [1.82, 2.24) is 0 Å². The molecule has 6 heteroatoms. The molecule has 25 heavy (non-hydrogen) atoms. The fraction of sp³-hybridized carbons (Fsp3) is 0.316. The molecule has 0 aliphatic carbocycles. The Morgan fingerprint density at radius 1 is 1.00 bits per heavy atom. The SMILES string of the molecule is COc1ccc(CC(=O)Oc2ccc(C3SCCS3)cc2OC)cc1. The molecule has 1 saturated heterocycles. The number of carbonyl (C=O) groups is 1. The van der Waals surface area contributed by atoms with Crippen LogP contribution in [0, 0.1) is 0 Å². The molecule has 0 N–H and O–H groups in total. The molecule has 1 heterocycles. The van der Waals surface area contributed by atoms with Gasteiger partial charge in [-0.2, -0.15) is 0 Å². The lowest BCUT2D eigenvalue weighted by Gasteiger charge is -2.13. The van der Waals surface area contributed by atoms with Gasteiger partial charge in [-0.25, -0.2) is 0 Å². The van der Waals surface area contributed by atoms with Gasteiger partial charge in [-0.3, -0.25) is 4.79 Å². The van der Waals surface area contributed by atoms with Crippen LogP contribution in [0.2, 0.25) is 0 Å². The van der Waals surface area contributed by atoms with Gasteiger partial charge in [0, 0.05) is 11.5 Å². The Morgan fingerprint density at radius 3 is 2.36 bits per heavy atom. The molecule has 0 amide bonds. The normalized spacial score (nSPS) is 14.3. The number of hydrogen-bond acceptors (Lipinski definition) is 6. The van der Waals surface area contributed by atoms with E-state index < -0.39 is 0 Å². The number of esters is 1. The first-order chi connectivity index (χ1) is 12.2. The van der Waals surface area contributed by atoms with E-state index in [-0.39, 0.29) is 12.4 Å². The summed E-state index contributed by atoms with van der Waals surface area (Å²) in [6.45, 7) is 0. The molecular weight excluding hydrogens is 356 g/mol. The summed E-state index contributed by atoms with van der Waals surface area (Å²) in [6, 6.07) is 13.2. The van der Waals surface area contributed by atoms with Gasteiger partial charge in [0.25, 0.3) is 0 Å². The Kier molecular flexibility index (Phi) is 6.15. The van der Waals surface area contributed by atoms with E-state index in [0.29, 0.717) is 16.1 Å². The topological polar surface area (TPSA) is 44.8 Å². The first-order valence-corrected chi connectivity index (χ1v) is 10.0. The molecule has 2 aromatic carbocycles. The Hall–Kier alpha value is -1.79. The van der Waals surface area contributed by atoms with Crippen molar-refractivity contribution in [3.05, 3.63) is 53.6 Å². The van der Waals surface area contributed by atoms with Crippen LogP contribution in [-0.2, 0) is 11.2 Å². The first-order valence-electron chi connectivity index (χ1n) is 7.94. The minimum absolute atomic E-state index is 0.198. The third-order valence-electron chi connectivity index (χ3n) is 3.81. The van der Waals surface area contributed by atoms with Gasteiger partial charge in [-0.15, -0.1) is 23.5 Å². The molecule has 0 radical (unpaired) electrons. The second-order valence-corrected chi connectivity index (χ2v) is 8.21. The van der Waals surface area contributed by atoms with E-state index in [2.05, 4.69) is 0 Å². The van der Waals surface area contributed by atoms with E-state index in [1.54, 1.807) is 14.2 Å². The number of benzene rings is 2. The summed E-state index contributed by atoms with van der Waals surface area (Å²) in [6.07, 6.45) is 0.198. The van der Waals surface area contributed by atoms with Gasteiger partial charge < -0.3 is 14.2 Å². The van der Waals surface area contributed by atoms with Crippen LogP contribution in [0.25, 0.3) is 0 Å². The van der Waals surface area contributed by atoms with Crippen molar-refractivity contribution in [3.8, 4) is 17.2 Å². The minimum Gasteiger partial charge on any atom is -0.497 e. The number of ether oxygens (including phenoxy) is 3. The van der Waals surface area contributed by atoms with Gasteiger partial charge in [0.1, 0.15) is 5.75 Å². The van der Waals surface area contributed by atoms with Crippen LogP contribution in [0.1, 0.15) is 15.7 Å². The van der Waals surface area contributed by atoms with Gasteiger partial charge in [-0.05, 0) is 35.4 Å². The maximum atomic E-state index is 12.2. The lowest BCUT2D eigenvalue weighted by atomic mass is 10.1. The zero-order valence-electron chi connectivity index (χ0n) is 14.2. The van der Waals surface area contributed by atoms with Gasteiger partial charge in [-0.1, -0.05) is 18.2 Å². The monoisotopic (exact) mass is 376 g/mol. The van der Waals surface area contributed by atoms with Crippen molar-refractivity contribution in [3.63, 3.8) is 0 Å². The van der Waals surface area contributed by atoms with E-state index in [0.717, 1.165) is 22.8 Å². The van der Waals surface area contributed by atoms with Crippen molar-refractivity contribution in [2.75, 3.05) is 25.7 Å². The van der Waals surface area contributed by atoms with Crippen LogP contribution in [-0.4, -0.2) is 31.7 Å². The first kappa shape index (κ1) is 18.0. The molecule has 0 unspecified atom stereocenters. The molecule has 3 rings (SSSR count). The van der Waals surface area contributed by atoms with Crippen LogP contribution in [0.3, 0.4) is 0 Å². The Bertz CT molecular complexity index is 725. The predicted molar refractivity (Wildman–Crippen MR) is 103 cm³/mol. The zero-order chi connectivity index (χ0) is 17.6. The zero-order valence-corrected chi connectivity index (χ0v) is 15.8. The summed E-state index contributed by atoms with van der Waals surface area (Å²) < 4.78 is 16.5. The molecule has 0 bridgehead atoms. The Morgan fingerprint density at radius 2 is 1.72 bits per heavy atom. The van der Waals surface area contributed by atoms with Crippen LogP contribution in [0.4, 0.5) is 0 Å². The van der Waals surface area contributed by atoms with Crippen molar-refractivity contribution in [2.45, 2.75) is 11.0 Å². The summed E-state index contributed by atoms with van der Waals surface area (Å²) in [4.78, 5) is 12.2. The highest BCUT2D eigenvalue weighted by atomic mass is 32.2. The molecule has 1 aliphatic rings. The molecule has 0 aromatic heterocycles. The molecule has 0 atom stereocenters. The summed E-state index contributed by atoms with van der Waals surface area (Å²) in [7, 11) is 3.21. The van der Waals surface area contributed by atoms with Gasteiger partial charge >= 0.3 is 5.97 Å². The summed E-state index contributed by atoms with van der Waals surface area (Å²) in [5.74, 6) is 3.82. The fourth-order valence-corrected chi connectivity index (χ4v) is 5.37. The van der Waals surface area contributed by atoms with Crippen molar-refractivity contribution < 1.29 is 19.0 Å². The lowest BCUT2D eigenvalue weighted by Crippen LogP contribution is -2.12. The number of thioether (sulfide) groups is 2. The van der Waals surface area contributed by atoms with Crippen LogP contribution < -0.4 is 14.2 Å². The average Bonchev–Trinajstić information content (AvgIpc) is 3.17. The number of rotatable bonds is 6. The van der Waals surface area contributed by atoms with Crippen molar-refractivity contribution in [1.29, 1.82) is 0 Å². The van der Waals surface area contributed by atoms with E-state index >= 15 is 0 Å². The summed E-state index contributed by atoms with van der Waals surface area (Å²) in [5.41, 5.74) is 2.07. The highest BCUT2D eigenvalue weighted by Gasteiger charge is 2.20. The van der Waals surface area contributed by atoms with Crippen molar-refractivity contribution >= 4 is 29.5 Å². The van der Waals surface area contributed by atoms with Gasteiger partial charge in [0.15, 0.2) is 11.5 Å². The molecule has 2 aromatic rings. The molecule has 1 fully saturated rings. The number of carbonyl (C=O) groups excluding carboxylic acids is 1. The van der Waals surface area contributed by atoms with E-state index in [4.69, 9.17) is 14.2 Å². The van der Waals surface area contributed by atoms with Crippen LogP contribution in [0.15, 0.2) is 42.5 Å². The predicted octanol–water partition coefficient (Wildman–Crippen LogP) is 4.33. The quantitative estimate of drug-likeness (QED) is 0.552. The largest absolute Gasteiger partial charge is 0.497 e. The summed E-state index contributed by atoms with van der Waals surface area (Å²) in [5, 5.41) is 0. The van der Waals surface area contributed by atoms with E-state index in [1.165, 1.54) is 5.56 Å². The van der Waals surface area contributed by atoms with Gasteiger partial charge in [0.05, 0.1) is 25.2 Å². The highest BCUT2D eigenvalue weighted by molar-refractivity contribution is 8.19. The summed E-state index contributed by atoms with van der Waals surface area (Å²) >= 11 is 3.86. The van der Waals surface area contributed by atoms with Gasteiger partial charge in [0.2, 0.25) is 0 Å². The maximum absolute atomic E-state index is 12.2. The third kappa shape index (κ3) is 4.64. The molecule has 0 spiro atoms. The molecule has 4 nitrogen and oxygen atoms in total. The van der Waals surface area contributed by atoms with E-state index in [1.807, 2.05) is 66.0 Å². The molecule has 132 valence electrons. The molecule has 0 saturated carbocycles. The van der Waals surface area contributed by atoms with Crippen molar-refractivity contribution in [2.24, 2.45) is 0 Å². The Balaban J connectivity index is 1.67. The van der Waals surface area contributed by atoms with Crippen LogP contribution in [0.5, 0.6) is 17.2 Å². The molecular formula is C19H20O4S2. The second-order valence-electron chi connectivity index (χ2n) is 5.48. The number of methoxy groups -OCH3 is 2. The number of hydrogen-bond donors (Lipinski definition) is 0. The second kappa shape index (κ2) is 8.54. The smallest absolute Gasteiger partial charge is 0.315 e. The standard InChI is InChI=1S/C19H20O4S2/c1-21-15-6-3-13(4-7-15)11-18(20)23-16-8-5-14(12-17(16)22-2)19-24-9-10-25-19/h3-8,12,19H,9-11H2,1-2H3.